The second-order valence-electron chi connectivity index (χ2n) is 6.90. The molecule has 0 spiro atoms. The van der Waals surface area contributed by atoms with Crippen molar-refractivity contribution in [2.45, 2.75) is 32.2 Å². The van der Waals surface area contributed by atoms with E-state index in [0.717, 1.165) is 18.5 Å². The summed E-state index contributed by atoms with van der Waals surface area (Å²) in [6.07, 6.45) is 5.13. The second kappa shape index (κ2) is 8.74. The zero-order valence-electron chi connectivity index (χ0n) is 16.2. The maximum absolute atomic E-state index is 12.9. The molecule has 2 heterocycles. The van der Waals surface area contributed by atoms with Crippen LogP contribution in [0.3, 0.4) is 0 Å². The minimum absolute atomic E-state index is 0.203. The van der Waals surface area contributed by atoms with Crippen molar-refractivity contribution in [3.8, 4) is 11.4 Å². The number of amides is 1. The molecule has 1 aromatic carbocycles. The normalized spacial score (nSPS) is 18.0. The van der Waals surface area contributed by atoms with Crippen molar-refractivity contribution in [2.75, 3.05) is 26.0 Å². The Morgan fingerprint density at radius 2 is 2.07 bits per heavy atom. The summed E-state index contributed by atoms with van der Waals surface area (Å²) in [4.78, 5) is 12.9. The Bertz CT molecular complexity index is 911. The summed E-state index contributed by atoms with van der Waals surface area (Å²) in [6.45, 7) is 3.23. The molecule has 0 saturated carbocycles. The van der Waals surface area contributed by atoms with E-state index in [1.165, 1.54) is 10.6 Å². The average molecular weight is 407 g/mol. The first kappa shape index (κ1) is 20.3. The van der Waals surface area contributed by atoms with E-state index < -0.39 is 10.0 Å². The number of hydrogen-bond acceptors (Lipinski definition) is 5. The van der Waals surface area contributed by atoms with Crippen LogP contribution in [0.1, 0.15) is 36.7 Å². The number of carbonyl (C=O) groups is 1. The first-order chi connectivity index (χ1) is 13.4. The highest BCUT2D eigenvalue weighted by atomic mass is 32.2. The van der Waals surface area contributed by atoms with Gasteiger partial charge in [-0.05, 0) is 31.4 Å². The first-order valence-electron chi connectivity index (χ1n) is 9.42. The van der Waals surface area contributed by atoms with Gasteiger partial charge < -0.3 is 10.1 Å². The predicted octanol–water partition coefficient (Wildman–Crippen LogP) is 1.81. The van der Waals surface area contributed by atoms with Crippen LogP contribution in [0.4, 0.5) is 0 Å². The molecule has 1 saturated heterocycles. The average Bonchev–Trinajstić information content (AvgIpc) is 3.11. The van der Waals surface area contributed by atoms with Crippen LogP contribution in [0.15, 0.2) is 36.5 Å². The Balaban J connectivity index is 1.79. The number of nitrogens with zero attached hydrogens (tertiary/aromatic N) is 3. The van der Waals surface area contributed by atoms with Gasteiger partial charge in [-0.2, -0.15) is 5.10 Å². The number of aromatic nitrogens is 2. The maximum atomic E-state index is 12.9. The molecule has 9 heteroatoms. The van der Waals surface area contributed by atoms with Gasteiger partial charge in [0.2, 0.25) is 10.0 Å². The lowest BCUT2D eigenvalue weighted by Crippen LogP contribution is -2.49. The Kier molecular flexibility index (Phi) is 6.35. The van der Waals surface area contributed by atoms with Crippen LogP contribution in [0.25, 0.3) is 5.69 Å². The van der Waals surface area contributed by atoms with Crippen molar-refractivity contribution in [3.05, 3.63) is 42.2 Å². The number of hydrogen-bond donors (Lipinski definition) is 1. The number of para-hydroxylation sites is 1. The molecule has 152 valence electrons. The minimum Gasteiger partial charge on any atom is -0.489 e. The quantitative estimate of drug-likeness (QED) is 0.757. The van der Waals surface area contributed by atoms with E-state index in [9.17, 15) is 13.2 Å². The molecule has 1 N–H and O–H groups in total. The number of piperidine rings is 1. The lowest BCUT2D eigenvalue weighted by atomic mass is 10.1. The van der Waals surface area contributed by atoms with E-state index in [4.69, 9.17) is 4.74 Å². The highest BCUT2D eigenvalue weighted by molar-refractivity contribution is 7.88. The van der Waals surface area contributed by atoms with Gasteiger partial charge in [0.25, 0.3) is 5.91 Å². The Morgan fingerprint density at radius 3 is 2.75 bits per heavy atom. The third kappa shape index (κ3) is 4.90. The van der Waals surface area contributed by atoms with E-state index >= 15 is 0 Å². The molecule has 1 fully saturated rings. The molecule has 1 atom stereocenters. The number of nitrogens with one attached hydrogen (secondary N) is 1. The lowest BCUT2D eigenvalue weighted by Gasteiger charge is -2.31. The van der Waals surface area contributed by atoms with Gasteiger partial charge in [0.15, 0.2) is 11.4 Å². The van der Waals surface area contributed by atoms with Crippen LogP contribution >= 0.6 is 0 Å². The molecular weight excluding hydrogens is 380 g/mol. The van der Waals surface area contributed by atoms with Crippen LogP contribution in [0.5, 0.6) is 5.75 Å². The molecule has 1 unspecified atom stereocenters. The topological polar surface area (TPSA) is 93.5 Å². The zero-order valence-corrected chi connectivity index (χ0v) is 17.0. The molecule has 0 aliphatic carbocycles. The molecule has 1 aliphatic rings. The van der Waals surface area contributed by atoms with Gasteiger partial charge >= 0.3 is 0 Å². The maximum Gasteiger partial charge on any atom is 0.275 e. The fraction of sp³-hybridized carbons (Fsp3) is 0.474. The largest absolute Gasteiger partial charge is 0.489 e. The summed E-state index contributed by atoms with van der Waals surface area (Å²) in [5.41, 5.74) is 1.03. The summed E-state index contributed by atoms with van der Waals surface area (Å²) in [5.74, 6) is 0.0557. The van der Waals surface area contributed by atoms with Gasteiger partial charge in [0, 0.05) is 19.1 Å². The number of rotatable bonds is 7. The smallest absolute Gasteiger partial charge is 0.275 e. The van der Waals surface area contributed by atoms with Crippen molar-refractivity contribution in [1.82, 2.24) is 19.4 Å². The van der Waals surface area contributed by atoms with Crippen molar-refractivity contribution in [3.63, 3.8) is 0 Å². The fourth-order valence-corrected chi connectivity index (χ4v) is 4.07. The van der Waals surface area contributed by atoms with Crippen LogP contribution in [-0.4, -0.2) is 60.4 Å². The monoisotopic (exact) mass is 406 g/mol. The van der Waals surface area contributed by atoms with E-state index in [2.05, 4.69) is 10.4 Å². The molecule has 1 aromatic heterocycles. The van der Waals surface area contributed by atoms with E-state index in [0.29, 0.717) is 25.3 Å². The molecule has 3 rings (SSSR count). The molecule has 8 nitrogen and oxygen atoms in total. The fourth-order valence-electron chi connectivity index (χ4n) is 3.16. The van der Waals surface area contributed by atoms with Crippen molar-refractivity contribution in [2.24, 2.45) is 0 Å². The number of benzene rings is 1. The summed E-state index contributed by atoms with van der Waals surface area (Å²) >= 11 is 0. The van der Waals surface area contributed by atoms with Gasteiger partial charge in [-0.25, -0.2) is 17.4 Å². The van der Waals surface area contributed by atoms with Crippen LogP contribution in [0, 0.1) is 0 Å². The minimum atomic E-state index is -3.27. The van der Waals surface area contributed by atoms with Crippen LogP contribution in [0.2, 0.25) is 0 Å². The van der Waals surface area contributed by atoms with Gasteiger partial charge in [-0.15, -0.1) is 0 Å². The van der Waals surface area contributed by atoms with Gasteiger partial charge in [-0.1, -0.05) is 25.1 Å². The summed E-state index contributed by atoms with van der Waals surface area (Å²) < 4.78 is 32.3. The molecule has 1 aliphatic heterocycles. The van der Waals surface area contributed by atoms with Gasteiger partial charge in [-0.3, -0.25) is 4.79 Å². The lowest BCUT2D eigenvalue weighted by molar-refractivity contribution is 0.0912. The van der Waals surface area contributed by atoms with Gasteiger partial charge in [0.1, 0.15) is 0 Å². The summed E-state index contributed by atoms with van der Waals surface area (Å²) in [6, 6.07) is 9.23. The molecule has 2 aromatic rings. The van der Waals surface area contributed by atoms with Gasteiger partial charge in [0.05, 0.1) is 24.7 Å². The van der Waals surface area contributed by atoms with Crippen LogP contribution in [-0.2, 0) is 10.0 Å². The molecular formula is C19H26N4O4S. The number of ether oxygens (including phenoxy) is 1. The Labute approximate surface area is 165 Å². The number of carbonyl (C=O) groups excluding carboxylic acids is 1. The van der Waals surface area contributed by atoms with E-state index in [-0.39, 0.29) is 24.2 Å². The van der Waals surface area contributed by atoms with E-state index in [1.54, 1.807) is 10.9 Å². The molecule has 1 amide bonds. The van der Waals surface area contributed by atoms with Crippen LogP contribution < -0.4 is 10.1 Å². The number of sulfonamides is 1. The highest BCUT2D eigenvalue weighted by Gasteiger charge is 2.28. The third-order valence-electron chi connectivity index (χ3n) is 4.57. The zero-order chi connectivity index (χ0) is 20.1. The second-order valence-corrected chi connectivity index (χ2v) is 8.89. The first-order valence-corrected chi connectivity index (χ1v) is 11.3. The summed E-state index contributed by atoms with van der Waals surface area (Å²) in [7, 11) is -3.27. The Morgan fingerprint density at radius 1 is 1.32 bits per heavy atom. The highest BCUT2D eigenvalue weighted by Crippen LogP contribution is 2.21. The Hall–Kier alpha value is -2.39. The van der Waals surface area contributed by atoms with E-state index in [1.807, 2.05) is 37.3 Å². The van der Waals surface area contributed by atoms with Crippen molar-refractivity contribution < 1.29 is 17.9 Å². The molecule has 0 radical (unpaired) electrons. The van der Waals surface area contributed by atoms with Crippen molar-refractivity contribution in [1.29, 1.82) is 0 Å². The van der Waals surface area contributed by atoms with Crippen molar-refractivity contribution >= 4 is 15.9 Å². The predicted molar refractivity (Wildman–Crippen MR) is 106 cm³/mol. The summed E-state index contributed by atoms with van der Waals surface area (Å²) in [5, 5.41) is 7.33. The molecule has 0 bridgehead atoms. The molecule has 28 heavy (non-hydrogen) atoms. The standard InChI is InChI=1S/C19H26N4O4S/c1-3-12-27-17-14-23(16-9-5-4-6-10-16)21-18(17)19(24)20-15-8-7-11-22(13-15)28(2,25)26/h4-6,9-10,14-15H,3,7-8,11-13H2,1-2H3,(H,20,24). The SMILES string of the molecule is CCCOc1cn(-c2ccccc2)nc1C(=O)NC1CCCN(S(C)(=O)=O)C1. The third-order valence-corrected chi connectivity index (χ3v) is 5.84.